The molecular weight excluding hydrogens is 372 g/mol. The zero-order chi connectivity index (χ0) is 20.5. The Hall–Kier alpha value is -2.24. The number of hydrogen-bond donors (Lipinski definition) is 1. The van der Waals surface area contributed by atoms with Gasteiger partial charge in [-0.3, -0.25) is 0 Å². The van der Waals surface area contributed by atoms with Gasteiger partial charge in [-0.2, -0.15) is 13.2 Å². The van der Waals surface area contributed by atoms with E-state index < -0.39 is 23.3 Å². The SMILES string of the molecule is COc1cc([C@@H](C)CC2CC[C@H](c3ccc(O)c(C(F)(F)F)c3)C2)ccc1F. The van der Waals surface area contributed by atoms with Gasteiger partial charge in [-0.1, -0.05) is 19.1 Å². The number of ether oxygens (including phenoxy) is 1. The molecular formula is C22H24F4O2. The number of benzene rings is 2. The third-order valence-corrected chi connectivity index (χ3v) is 5.77. The number of hydrogen-bond acceptors (Lipinski definition) is 2. The molecule has 1 aliphatic rings. The molecule has 0 heterocycles. The second-order valence-corrected chi connectivity index (χ2v) is 7.68. The Morgan fingerprint density at radius 3 is 2.57 bits per heavy atom. The normalized spacial score (nSPS) is 20.9. The minimum absolute atomic E-state index is 0.0571. The summed E-state index contributed by atoms with van der Waals surface area (Å²) in [5.74, 6) is -0.265. The zero-order valence-corrected chi connectivity index (χ0v) is 15.9. The fourth-order valence-electron chi connectivity index (χ4n) is 4.25. The van der Waals surface area contributed by atoms with Crippen molar-refractivity contribution >= 4 is 0 Å². The summed E-state index contributed by atoms with van der Waals surface area (Å²) >= 11 is 0. The molecule has 0 radical (unpaired) electrons. The second-order valence-electron chi connectivity index (χ2n) is 7.68. The lowest BCUT2D eigenvalue weighted by Crippen LogP contribution is -2.07. The lowest BCUT2D eigenvalue weighted by molar-refractivity contribution is -0.138. The van der Waals surface area contributed by atoms with Crippen molar-refractivity contribution in [3.8, 4) is 11.5 Å². The predicted molar refractivity (Wildman–Crippen MR) is 99.2 cm³/mol. The minimum Gasteiger partial charge on any atom is -0.507 e. The number of halogens is 4. The fraction of sp³-hybridized carbons (Fsp3) is 0.455. The highest BCUT2D eigenvalue weighted by Crippen LogP contribution is 2.45. The maximum Gasteiger partial charge on any atom is 0.419 e. The van der Waals surface area contributed by atoms with E-state index >= 15 is 0 Å². The molecule has 0 spiro atoms. The molecule has 0 saturated heterocycles. The van der Waals surface area contributed by atoms with E-state index in [-0.39, 0.29) is 17.6 Å². The molecule has 152 valence electrons. The van der Waals surface area contributed by atoms with E-state index in [1.165, 1.54) is 13.2 Å². The van der Waals surface area contributed by atoms with Crippen molar-refractivity contribution in [2.45, 2.75) is 50.6 Å². The summed E-state index contributed by atoms with van der Waals surface area (Å²) in [7, 11) is 1.43. The summed E-state index contributed by atoms with van der Waals surface area (Å²) in [4.78, 5) is 0. The summed E-state index contributed by atoms with van der Waals surface area (Å²) in [6, 6.07) is 8.67. The van der Waals surface area contributed by atoms with Crippen LogP contribution >= 0.6 is 0 Å². The first-order valence-electron chi connectivity index (χ1n) is 9.42. The van der Waals surface area contributed by atoms with Gasteiger partial charge in [0.2, 0.25) is 0 Å². The van der Waals surface area contributed by atoms with Gasteiger partial charge in [0, 0.05) is 0 Å². The fourth-order valence-corrected chi connectivity index (χ4v) is 4.25. The Balaban J connectivity index is 1.67. The van der Waals surface area contributed by atoms with E-state index in [0.717, 1.165) is 43.4 Å². The number of alkyl halides is 3. The molecule has 2 nitrogen and oxygen atoms in total. The van der Waals surface area contributed by atoms with E-state index in [0.29, 0.717) is 11.5 Å². The monoisotopic (exact) mass is 396 g/mol. The Morgan fingerprint density at radius 1 is 1.14 bits per heavy atom. The second kappa shape index (κ2) is 8.02. The molecule has 0 amide bonds. The zero-order valence-electron chi connectivity index (χ0n) is 15.9. The molecule has 28 heavy (non-hydrogen) atoms. The lowest BCUT2D eigenvalue weighted by atomic mass is 9.87. The van der Waals surface area contributed by atoms with E-state index in [9.17, 15) is 22.7 Å². The van der Waals surface area contributed by atoms with Crippen molar-refractivity contribution in [1.82, 2.24) is 0 Å². The summed E-state index contributed by atoms with van der Waals surface area (Å²) in [5.41, 5.74) is 0.648. The molecule has 0 aromatic heterocycles. The molecule has 1 unspecified atom stereocenters. The molecule has 6 heteroatoms. The summed E-state index contributed by atoms with van der Waals surface area (Å²) in [5, 5.41) is 9.52. The van der Waals surface area contributed by atoms with Crippen LogP contribution in [0.1, 0.15) is 61.1 Å². The summed E-state index contributed by atoms with van der Waals surface area (Å²) in [6.07, 6.45) is -1.10. The minimum atomic E-state index is -4.56. The van der Waals surface area contributed by atoms with E-state index in [4.69, 9.17) is 4.74 Å². The summed E-state index contributed by atoms with van der Waals surface area (Å²) in [6.45, 7) is 2.07. The van der Waals surface area contributed by atoms with Gasteiger partial charge >= 0.3 is 6.18 Å². The van der Waals surface area contributed by atoms with Gasteiger partial charge in [0.25, 0.3) is 0 Å². The molecule has 2 aromatic carbocycles. The summed E-state index contributed by atoms with van der Waals surface area (Å²) < 4.78 is 57.8. The maximum atomic E-state index is 13.6. The van der Waals surface area contributed by atoms with Gasteiger partial charge in [-0.25, -0.2) is 4.39 Å². The van der Waals surface area contributed by atoms with Crippen LogP contribution in [0.15, 0.2) is 36.4 Å². The van der Waals surface area contributed by atoms with Crippen molar-refractivity contribution in [2.24, 2.45) is 5.92 Å². The average molecular weight is 396 g/mol. The van der Waals surface area contributed by atoms with Crippen molar-refractivity contribution in [1.29, 1.82) is 0 Å². The first-order chi connectivity index (χ1) is 13.2. The molecule has 0 aliphatic heterocycles. The van der Waals surface area contributed by atoms with Crippen LogP contribution in [0.3, 0.4) is 0 Å². The highest BCUT2D eigenvalue weighted by atomic mass is 19.4. The highest BCUT2D eigenvalue weighted by Gasteiger charge is 2.35. The third-order valence-electron chi connectivity index (χ3n) is 5.77. The molecule has 1 N–H and O–H groups in total. The molecule has 1 fully saturated rings. The van der Waals surface area contributed by atoms with Crippen molar-refractivity contribution < 1.29 is 27.4 Å². The largest absolute Gasteiger partial charge is 0.507 e. The Bertz CT molecular complexity index is 832. The predicted octanol–water partition coefficient (Wildman–Crippen LogP) is 6.64. The number of aromatic hydroxyl groups is 1. The standard InChI is InChI=1S/C22H24F4O2/c1-13(15-5-7-19(23)21(12-15)28-2)9-14-3-4-16(10-14)17-6-8-20(27)18(11-17)22(24,25)26/h5-8,11-14,16,27H,3-4,9-10H2,1-2H3/t13-,14?,16-/m0/s1. The first kappa shape index (κ1) is 20.5. The number of rotatable bonds is 5. The quantitative estimate of drug-likeness (QED) is 0.574. The van der Waals surface area contributed by atoms with Crippen LogP contribution < -0.4 is 4.74 Å². The Kier molecular flexibility index (Phi) is 5.87. The number of phenols is 1. The number of phenolic OH excluding ortho intramolecular Hbond substituents is 1. The van der Waals surface area contributed by atoms with Gasteiger partial charge in [0.05, 0.1) is 12.7 Å². The van der Waals surface area contributed by atoms with Crippen LogP contribution in [-0.2, 0) is 6.18 Å². The Morgan fingerprint density at radius 2 is 1.89 bits per heavy atom. The molecule has 2 aromatic rings. The molecule has 3 atom stereocenters. The van der Waals surface area contributed by atoms with E-state index in [1.807, 2.05) is 0 Å². The van der Waals surface area contributed by atoms with Gasteiger partial charge < -0.3 is 9.84 Å². The Labute approximate surface area is 162 Å². The lowest BCUT2D eigenvalue weighted by Gasteiger charge is -2.19. The van der Waals surface area contributed by atoms with Crippen LogP contribution in [0.4, 0.5) is 17.6 Å². The van der Waals surface area contributed by atoms with Crippen LogP contribution in [0.5, 0.6) is 11.5 Å². The van der Waals surface area contributed by atoms with Crippen LogP contribution in [0.25, 0.3) is 0 Å². The molecule has 1 saturated carbocycles. The van der Waals surface area contributed by atoms with Gasteiger partial charge in [-0.05, 0) is 78.8 Å². The van der Waals surface area contributed by atoms with Gasteiger partial charge in [0.15, 0.2) is 11.6 Å². The van der Waals surface area contributed by atoms with E-state index in [1.54, 1.807) is 18.2 Å². The maximum absolute atomic E-state index is 13.6. The van der Waals surface area contributed by atoms with Crippen molar-refractivity contribution in [3.05, 3.63) is 58.9 Å². The van der Waals surface area contributed by atoms with Crippen molar-refractivity contribution in [3.63, 3.8) is 0 Å². The smallest absolute Gasteiger partial charge is 0.419 e. The average Bonchev–Trinajstić information content (AvgIpc) is 3.10. The van der Waals surface area contributed by atoms with Crippen LogP contribution in [-0.4, -0.2) is 12.2 Å². The topological polar surface area (TPSA) is 29.5 Å². The van der Waals surface area contributed by atoms with Crippen molar-refractivity contribution in [2.75, 3.05) is 7.11 Å². The highest BCUT2D eigenvalue weighted by molar-refractivity contribution is 5.40. The van der Waals surface area contributed by atoms with Crippen LogP contribution in [0.2, 0.25) is 0 Å². The molecule has 3 rings (SSSR count). The van der Waals surface area contributed by atoms with Gasteiger partial charge in [-0.15, -0.1) is 0 Å². The number of methoxy groups -OCH3 is 1. The van der Waals surface area contributed by atoms with Gasteiger partial charge in [0.1, 0.15) is 5.75 Å². The van der Waals surface area contributed by atoms with Crippen LogP contribution in [0, 0.1) is 11.7 Å². The van der Waals surface area contributed by atoms with E-state index in [2.05, 4.69) is 6.92 Å². The first-order valence-corrected chi connectivity index (χ1v) is 9.42. The molecule has 1 aliphatic carbocycles. The third kappa shape index (κ3) is 4.42. The molecule has 0 bridgehead atoms.